The van der Waals surface area contributed by atoms with Crippen molar-refractivity contribution in [3.8, 4) is 17.1 Å². The van der Waals surface area contributed by atoms with Crippen molar-refractivity contribution in [1.29, 1.82) is 0 Å². The molecule has 4 aromatic rings. The Balaban J connectivity index is 1.71. The summed E-state index contributed by atoms with van der Waals surface area (Å²) in [5, 5.41) is 5.07. The molecule has 0 fully saturated rings. The summed E-state index contributed by atoms with van der Waals surface area (Å²) in [6.45, 7) is 0.625. The Kier molecular flexibility index (Phi) is 5.44. The molecule has 0 bridgehead atoms. The summed E-state index contributed by atoms with van der Waals surface area (Å²) in [5.74, 6) is 0.952. The fraction of sp³-hybridized carbons (Fsp3) is 0.136. The molecule has 0 spiro atoms. The average molecular weight is 406 g/mol. The van der Waals surface area contributed by atoms with Crippen LogP contribution in [0.5, 0.6) is 5.75 Å². The van der Waals surface area contributed by atoms with Gasteiger partial charge in [0.1, 0.15) is 16.6 Å². The van der Waals surface area contributed by atoms with Gasteiger partial charge in [-0.3, -0.25) is 4.68 Å². The van der Waals surface area contributed by atoms with E-state index in [-0.39, 0.29) is 5.95 Å². The summed E-state index contributed by atoms with van der Waals surface area (Å²) in [7, 11) is 1.66. The number of hydrogen-bond donors (Lipinski definition) is 1. The Labute approximate surface area is 174 Å². The second-order valence-electron chi connectivity index (χ2n) is 6.65. The number of halogens is 1. The standard InChI is InChI=1S/C22H20ClN5O/c1-29-18-9-7-16(8-10-18)13-28-14-17(11-15-5-3-2-4-6-15)21(27-28)19-12-20(23)26-22(24)25-19/h2-10,12,14H,11,13H2,1H3,(H2,24,25,26). The minimum Gasteiger partial charge on any atom is -0.497 e. The van der Waals surface area contributed by atoms with E-state index in [1.54, 1.807) is 13.2 Å². The van der Waals surface area contributed by atoms with Gasteiger partial charge in [0.05, 0.1) is 19.3 Å². The van der Waals surface area contributed by atoms with Crippen LogP contribution in [0.25, 0.3) is 11.4 Å². The van der Waals surface area contributed by atoms with Gasteiger partial charge in [-0.15, -0.1) is 0 Å². The van der Waals surface area contributed by atoms with Crippen LogP contribution in [0.1, 0.15) is 16.7 Å². The molecule has 0 aliphatic rings. The number of nitrogens with two attached hydrogens (primary N) is 1. The molecule has 29 heavy (non-hydrogen) atoms. The van der Waals surface area contributed by atoms with Gasteiger partial charge in [0, 0.05) is 24.2 Å². The molecule has 2 aromatic heterocycles. The van der Waals surface area contributed by atoms with Crippen molar-refractivity contribution in [3.63, 3.8) is 0 Å². The second-order valence-corrected chi connectivity index (χ2v) is 7.03. The van der Waals surface area contributed by atoms with Crippen molar-refractivity contribution in [1.82, 2.24) is 19.7 Å². The van der Waals surface area contributed by atoms with Gasteiger partial charge in [0.2, 0.25) is 5.95 Å². The van der Waals surface area contributed by atoms with Crippen molar-refractivity contribution < 1.29 is 4.74 Å². The van der Waals surface area contributed by atoms with Crippen molar-refractivity contribution in [3.05, 3.63) is 88.7 Å². The monoisotopic (exact) mass is 405 g/mol. The van der Waals surface area contributed by atoms with E-state index in [4.69, 9.17) is 27.2 Å². The lowest BCUT2D eigenvalue weighted by molar-refractivity contribution is 0.414. The van der Waals surface area contributed by atoms with Gasteiger partial charge in [-0.05, 0) is 23.3 Å². The maximum Gasteiger partial charge on any atom is 0.222 e. The molecule has 2 aromatic carbocycles. The number of hydrogen-bond acceptors (Lipinski definition) is 5. The van der Waals surface area contributed by atoms with Gasteiger partial charge in [-0.1, -0.05) is 54.1 Å². The molecule has 0 unspecified atom stereocenters. The van der Waals surface area contributed by atoms with Crippen molar-refractivity contribution in [2.45, 2.75) is 13.0 Å². The molecule has 0 atom stereocenters. The maximum absolute atomic E-state index is 6.10. The molecule has 0 aliphatic carbocycles. The molecule has 2 N–H and O–H groups in total. The third-order valence-corrected chi connectivity index (χ3v) is 4.73. The molecule has 0 aliphatic heterocycles. The first-order chi connectivity index (χ1) is 14.1. The van der Waals surface area contributed by atoms with Gasteiger partial charge < -0.3 is 10.5 Å². The number of nitrogen functional groups attached to an aromatic ring is 1. The van der Waals surface area contributed by atoms with Gasteiger partial charge in [-0.25, -0.2) is 9.97 Å². The molecule has 146 valence electrons. The van der Waals surface area contributed by atoms with E-state index < -0.39 is 0 Å². The predicted molar refractivity (Wildman–Crippen MR) is 114 cm³/mol. The lowest BCUT2D eigenvalue weighted by Crippen LogP contribution is -2.01. The van der Waals surface area contributed by atoms with Gasteiger partial charge in [0.25, 0.3) is 0 Å². The molecule has 7 heteroatoms. The molecule has 6 nitrogen and oxygen atoms in total. The number of ether oxygens (including phenoxy) is 1. The number of methoxy groups -OCH3 is 1. The Morgan fingerprint density at radius 1 is 1.00 bits per heavy atom. The lowest BCUT2D eigenvalue weighted by Gasteiger charge is -2.04. The average Bonchev–Trinajstić information content (AvgIpc) is 3.11. The van der Waals surface area contributed by atoms with Crippen molar-refractivity contribution >= 4 is 17.5 Å². The first-order valence-corrected chi connectivity index (χ1v) is 9.52. The van der Waals surface area contributed by atoms with Crippen LogP contribution in [0.15, 0.2) is 66.9 Å². The Hall–Kier alpha value is -3.38. The van der Waals surface area contributed by atoms with Crippen molar-refractivity contribution in [2.24, 2.45) is 0 Å². The number of nitrogens with zero attached hydrogens (tertiary/aromatic N) is 4. The van der Waals surface area contributed by atoms with Crippen LogP contribution in [-0.2, 0) is 13.0 Å². The number of aromatic nitrogens is 4. The topological polar surface area (TPSA) is 78.9 Å². The normalized spacial score (nSPS) is 10.8. The number of rotatable bonds is 6. The van der Waals surface area contributed by atoms with Crippen LogP contribution < -0.4 is 10.5 Å². The van der Waals surface area contributed by atoms with Crippen LogP contribution in [0.3, 0.4) is 0 Å². The summed E-state index contributed by atoms with van der Waals surface area (Å²) in [4.78, 5) is 8.29. The number of benzene rings is 2. The summed E-state index contributed by atoms with van der Waals surface area (Å²) in [6.07, 6.45) is 2.76. The van der Waals surface area contributed by atoms with Gasteiger partial charge in [0.15, 0.2) is 0 Å². The van der Waals surface area contributed by atoms with Crippen LogP contribution in [0, 0.1) is 0 Å². The van der Waals surface area contributed by atoms with Crippen molar-refractivity contribution in [2.75, 3.05) is 12.8 Å². The minimum absolute atomic E-state index is 0.128. The summed E-state index contributed by atoms with van der Waals surface area (Å²) in [6, 6.07) is 19.8. The van der Waals surface area contributed by atoms with Gasteiger partial charge in [-0.2, -0.15) is 5.10 Å². The van der Waals surface area contributed by atoms with Crippen LogP contribution >= 0.6 is 11.6 Å². The van der Waals surface area contributed by atoms with Crippen LogP contribution in [0.2, 0.25) is 5.15 Å². The predicted octanol–water partition coefficient (Wildman–Crippen LogP) is 4.22. The second kappa shape index (κ2) is 8.32. The Bertz CT molecular complexity index is 1090. The van der Waals surface area contributed by atoms with Gasteiger partial charge >= 0.3 is 0 Å². The third kappa shape index (κ3) is 4.55. The van der Waals surface area contributed by atoms with E-state index in [0.29, 0.717) is 17.4 Å². The Morgan fingerprint density at radius 2 is 1.76 bits per heavy atom. The van der Waals surface area contributed by atoms with E-state index >= 15 is 0 Å². The molecule has 0 radical (unpaired) electrons. The highest BCUT2D eigenvalue weighted by Gasteiger charge is 2.15. The molecule has 0 amide bonds. The maximum atomic E-state index is 6.10. The fourth-order valence-electron chi connectivity index (χ4n) is 3.18. The first-order valence-electron chi connectivity index (χ1n) is 9.14. The SMILES string of the molecule is COc1ccc(Cn2cc(Cc3ccccc3)c(-c3cc(Cl)nc(N)n3)n2)cc1. The highest BCUT2D eigenvalue weighted by Crippen LogP contribution is 2.26. The summed E-state index contributed by atoms with van der Waals surface area (Å²) < 4.78 is 7.13. The highest BCUT2D eigenvalue weighted by atomic mass is 35.5. The zero-order chi connectivity index (χ0) is 20.2. The molecule has 4 rings (SSSR count). The fourth-order valence-corrected chi connectivity index (χ4v) is 3.37. The molecular formula is C22H20ClN5O. The lowest BCUT2D eigenvalue weighted by atomic mass is 10.0. The Morgan fingerprint density at radius 3 is 2.45 bits per heavy atom. The molecule has 0 saturated heterocycles. The zero-order valence-electron chi connectivity index (χ0n) is 15.9. The van der Waals surface area contributed by atoms with Crippen LogP contribution in [0.4, 0.5) is 5.95 Å². The summed E-state index contributed by atoms with van der Waals surface area (Å²) in [5.41, 5.74) is 10.5. The van der Waals surface area contributed by atoms with E-state index in [2.05, 4.69) is 22.1 Å². The largest absolute Gasteiger partial charge is 0.497 e. The van der Waals surface area contributed by atoms with E-state index in [9.17, 15) is 0 Å². The smallest absolute Gasteiger partial charge is 0.222 e. The van der Waals surface area contributed by atoms with E-state index in [1.165, 1.54) is 5.56 Å². The molecule has 0 saturated carbocycles. The first kappa shape index (κ1) is 19.0. The zero-order valence-corrected chi connectivity index (χ0v) is 16.7. The minimum atomic E-state index is 0.128. The summed E-state index contributed by atoms with van der Waals surface area (Å²) >= 11 is 6.10. The van der Waals surface area contributed by atoms with Crippen LogP contribution in [-0.4, -0.2) is 26.9 Å². The number of anilines is 1. The highest BCUT2D eigenvalue weighted by molar-refractivity contribution is 6.29. The van der Waals surface area contributed by atoms with E-state index in [1.807, 2.05) is 53.3 Å². The molecular weight excluding hydrogens is 386 g/mol. The quantitative estimate of drug-likeness (QED) is 0.486. The van der Waals surface area contributed by atoms with E-state index in [0.717, 1.165) is 29.0 Å². The molecule has 2 heterocycles. The third-order valence-electron chi connectivity index (χ3n) is 4.53.